The minimum absolute atomic E-state index is 0.0353. The van der Waals surface area contributed by atoms with Crippen molar-refractivity contribution >= 4 is 5.91 Å². The van der Waals surface area contributed by atoms with E-state index in [0.717, 1.165) is 50.0 Å². The van der Waals surface area contributed by atoms with Crippen LogP contribution in [0.1, 0.15) is 106 Å². The fourth-order valence-electron chi connectivity index (χ4n) is 11.2. The van der Waals surface area contributed by atoms with Crippen molar-refractivity contribution < 1.29 is 15.1 Å². The van der Waals surface area contributed by atoms with Gasteiger partial charge in [-0.2, -0.15) is 0 Å². The van der Waals surface area contributed by atoms with Crippen molar-refractivity contribution in [3.05, 3.63) is 11.6 Å². The molecule has 0 aliphatic heterocycles. The lowest BCUT2D eigenvalue weighted by molar-refractivity contribution is -0.209. The summed E-state index contributed by atoms with van der Waals surface area (Å²) in [5.74, 6) is 2.35. The average Bonchev–Trinajstić information content (AvgIpc) is 2.79. The normalized spacial score (nSPS) is 52.8. The molecule has 0 saturated heterocycles. The summed E-state index contributed by atoms with van der Waals surface area (Å²) in [6.45, 7) is 17.0. The summed E-state index contributed by atoms with van der Waals surface area (Å²) >= 11 is 0. The molecule has 0 bridgehead atoms. The summed E-state index contributed by atoms with van der Waals surface area (Å²) in [7, 11) is 1.53. The lowest BCUT2D eigenvalue weighted by atomic mass is 9.33. The third-order valence-corrected chi connectivity index (χ3v) is 13.7. The van der Waals surface area contributed by atoms with E-state index in [1.54, 1.807) is 5.57 Å². The third-order valence-electron chi connectivity index (χ3n) is 13.7. The molecule has 5 rings (SSSR count). The van der Waals surface area contributed by atoms with Crippen LogP contribution in [0.25, 0.3) is 0 Å². The molecule has 4 saturated carbocycles. The first-order valence-electron chi connectivity index (χ1n) is 14.5. The zero-order valence-electron chi connectivity index (χ0n) is 23.7. The molecule has 4 nitrogen and oxygen atoms in total. The number of aliphatic hydroxyl groups excluding tert-OH is 1. The summed E-state index contributed by atoms with van der Waals surface area (Å²) < 4.78 is 0. The second-order valence-electron chi connectivity index (χ2n) is 15.0. The summed E-state index contributed by atoms with van der Waals surface area (Å²) in [6.07, 6.45) is 11.8. The molecule has 0 aromatic heterocycles. The zero-order chi connectivity index (χ0) is 25.8. The number of carbonyl (C=O) groups is 1. The predicted octanol–water partition coefficient (Wildman–Crippen LogP) is 6.85. The van der Waals surface area contributed by atoms with E-state index in [0.29, 0.717) is 23.7 Å². The maximum atomic E-state index is 13.6. The Morgan fingerprint density at radius 3 is 2.29 bits per heavy atom. The first-order chi connectivity index (χ1) is 16.2. The van der Waals surface area contributed by atoms with Crippen LogP contribution in [0.15, 0.2) is 11.6 Å². The number of carbonyl (C=O) groups excluding carboxylic acids is 1. The Kier molecular flexibility index (Phi) is 5.76. The maximum absolute atomic E-state index is 13.6. The second kappa shape index (κ2) is 7.82. The van der Waals surface area contributed by atoms with Gasteiger partial charge < -0.3 is 5.11 Å². The van der Waals surface area contributed by atoms with Crippen molar-refractivity contribution in [1.29, 1.82) is 0 Å². The van der Waals surface area contributed by atoms with Gasteiger partial charge in [-0.25, -0.2) is 5.06 Å². The van der Waals surface area contributed by atoms with Gasteiger partial charge >= 0.3 is 0 Å². The molecule has 0 aromatic rings. The van der Waals surface area contributed by atoms with Crippen molar-refractivity contribution in [1.82, 2.24) is 5.06 Å². The SMILES string of the molecule is C[C@H]1[C@H](C)CC[C@]2(C(=O)N(C)O)CC[C@]3(C)C(=CC[C@@H]4[C@@]5(C)CC[C@H](O)C(C)(C)[C@@H]5CC[C@]43C)[C@H]12. The molecule has 0 aromatic carbocycles. The van der Waals surface area contributed by atoms with Crippen LogP contribution in [-0.2, 0) is 4.79 Å². The maximum Gasteiger partial charge on any atom is 0.252 e. The van der Waals surface area contributed by atoms with Gasteiger partial charge in [0.25, 0.3) is 5.91 Å². The molecule has 5 aliphatic carbocycles. The van der Waals surface area contributed by atoms with E-state index in [2.05, 4.69) is 54.5 Å². The lowest BCUT2D eigenvalue weighted by Gasteiger charge is -2.71. The minimum Gasteiger partial charge on any atom is -0.393 e. The van der Waals surface area contributed by atoms with Gasteiger partial charge in [-0.1, -0.05) is 60.1 Å². The molecule has 5 aliphatic rings. The molecule has 35 heavy (non-hydrogen) atoms. The number of hydrogen-bond donors (Lipinski definition) is 2. The van der Waals surface area contributed by atoms with Crippen molar-refractivity contribution in [3.8, 4) is 0 Å². The number of fused-ring (bicyclic) bond motifs is 7. The lowest BCUT2D eigenvalue weighted by Crippen LogP contribution is -2.65. The molecule has 0 spiro atoms. The van der Waals surface area contributed by atoms with Gasteiger partial charge in [-0.05, 0) is 109 Å². The smallest absolute Gasteiger partial charge is 0.252 e. The molecular formula is C31H51NO3. The van der Waals surface area contributed by atoms with Gasteiger partial charge in [0, 0.05) is 7.05 Å². The van der Waals surface area contributed by atoms with Gasteiger partial charge in [0.05, 0.1) is 11.5 Å². The van der Waals surface area contributed by atoms with E-state index < -0.39 is 5.41 Å². The highest BCUT2D eigenvalue weighted by Gasteiger charge is 2.69. The molecular weight excluding hydrogens is 434 g/mol. The molecule has 0 radical (unpaired) electrons. The Hall–Kier alpha value is -0.870. The predicted molar refractivity (Wildman–Crippen MR) is 140 cm³/mol. The van der Waals surface area contributed by atoms with E-state index in [1.165, 1.54) is 19.9 Å². The van der Waals surface area contributed by atoms with Crippen molar-refractivity contribution in [2.24, 2.45) is 56.7 Å². The molecule has 198 valence electrons. The summed E-state index contributed by atoms with van der Waals surface area (Å²) in [5, 5.41) is 22.2. The van der Waals surface area contributed by atoms with Crippen LogP contribution >= 0.6 is 0 Å². The van der Waals surface area contributed by atoms with E-state index in [-0.39, 0.29) is 39.6 Å². The van der Waals surface area contributed by atoms with Gasteiger partial charge in [-0.3, -0.25) is 10.0 Å². The monoisotopic (exact) mass is 485 g/mol. The number of aliphatic hydroxyl groups is 1. The summed E-state index contributed by atoms with van der Waals surface area (Å²) in [4.78, 5) is 13.6. The minimum atomic E-state index is -0.456. The number of amides is 1. The largest absolute Gasteiger partial charge is 0.393 e. The average molecular weight is 486 g/mol. The second-order valence-corrected chi connectivity index (χ2v) is 15.0. The Bertz CT molecular complexity index is 924. The molecule has 2 N–H and O–H groups in total. The van der Waals surface area contributed by atoms with E-state index in [9.17, 15) is 15.1 Å². The van der Waals surface area contributed by atoms with Gasteiger partial charge in [-0.15, -0.1) is 0 Å². The van der Waals surface area contributed by atoms with Crippen LogP contribution < -0.4 is 0 Å². The van der Waals surface area contributed by atoms with E-state index in [1.807, 2.05) is 0 Å². The molecule has 0 heterocycles. The number of hydrogen-bond acceptors (Lipinski definition) is 3. The standard InChI is InChI=1S/C31H51NO3/c1-19-11-16-31(26(34)32(8)35)18-17-29(6)21(25(31)20(19)2)9-10-23-28(5)14-13-24(33)27(3,4)22(28)12-15-30(23,29)7/h9,19-20,22-25,33,35H,10-18H2,1-8H3/t19-,20+,22+,23-,24+,25+,28+,29-,30-,31+/m1/s1. The van der Waals surface area contributed by atoms with Crippen molar-refractivity contribution in [3.63, 3.8) is 0 Å². The molecule has 0 unspecified atom stereocenters. The molecule has 1 amide bonds. The highest BCUT2D eigenvalue weighted by Crippen LogP contribution is 2.75. The topological polar surface area (TPSA) is 60.8 Å². The zero-order valence-corrected chi connectivity index (χ0v) is 23.7. The van der Waals surface area contributed by atoms with Crippen LogP contribution in [0, 0.1) is 56.7 Å². The summed E-state index contributed by atoms with van der Waals surface area (Å²) in [5.41, 5.74) is 1.57. The van der Waals surface area contributed by atoms with Crippen molar-refractivity contribution in [2.75, 3.05) is 7.05 Å². The fourth-order valence-corrected chi connectivity index (χ4v) is 11.2. The van der Waals surface area contributed by atoms with Crippen LogP contribution in [-0.4, -0.2) is 34.4 Å². The number of nitrogens with zero attached hydrogens (tertiary/aromatic N) is 1. The Morgan fingerprint density at radius 1 is 0.943 bits per heavy atom. The van der Waals surface area contributed by atoms with Gasteiger partial charge in [0.1, 0.15) is 0 Å². The quantitative estimate of drug-likeness (QED) is 0.242. The Morgan fingerprint density at radius 2 is 1.63 bits per heavy atom. The Labute approximate surface area is 213 Å². The molecule has 10 atom stereocenters. The van der Waals surface area contributed by atoms with Gasteiger partial charge in [0.15, 0.2) is 0 Å². The van der Waals surface area contributed by atoms with Crippen LogP contribution in [0.3, 0.4) is 0 Å². The summed E-state index contributed by atoms with van der Waals surface area (Å²) in [6, 6.07) is 0. The van der Waals surface area contributed by atoms with Gasteiger partial charge in [0.2, 0.25) is 0 Å². The fraction of sp³-hybridized carbons (Fsp3) is 0.903. The van der Waals surface area contributed by atoms with E-state index >= 15 is 0 Å². The molecule has 4 fully saturated rings. The van der Waals surface area contributed by atoms with Crippen LogP contribution in [0.5, 0.6) is 0 Å². The number of hydroxylamine groups is 2. The van der Waals surface area contributed by atoms with E-state index in [4.69, 9.17) is 0 Å². The third kappa shape index (κ3) is 3.08. The van der Waals surface area contributed by atoms with Crippen LogP contribution in [0.2, 0.25) is 0 Å². The first-order valence-corrected chi connectivity index (χ1v) is 14.5. The Balaban J connectivity index is 1.61. The van der Waals surface area contributed by atoms with Crippen LogP contribution in [0.4, 0.5) is 0 Å². The van der Waals surface area contributed by atoms with Crippen molar-refractivity contribution in [2.45, 2.75) is 112 Å². The first kappa shape index (κ1) is 25.8. The number of allylic oxidation sites excluding steroid dienone is 2. The molecule has 4 heteroatoms. The highest BCUT2D eigenvalue weighted by molar-refractivity contribution is 5.83. The highest BCUT2D eigenvalue weighted by atomic mass is 16.5. The number of rotatable bonds is 1.